The van der Waals surface area contributed by atoms with Crippen molar-refractivity contribution in [2.45, 2.75) is 26.0 Å². The van der Waals surface area contributed by atoms with Crippen LogP contribution in [0.15, 0.2) is 30.3 Å². The zero-order valence-corrected chi connectivity index (χ0v) is 11.1. The second kappa shape index (κ2) is 6.88. The van der Waals surface area contributed by atoms with E-state index < -0.39 is 0 Å². The third kappa shape index (κ3) is 4.09. The summed E-state index contributed by atoms with van der Waals surface area (Å²) in [6, 6.07) is 10.5. The molecule has 0 bridgehead atoms. The van der Waals surface area contributed by atoms with Crippen molar-refractivity contribution in [3.63, 3.8) is 0 Å². The topological polar surface area (TPSA) is 32.7 Å². The van der Waals surface area contributed by atoms with Crippen LogP contribution < -0.4 is 0 Å². The number of nitrogens with zero attached hydrogens (tertiary/aromatic N) is 1. The number of ether oxygens (including phenoxy) is 1. The van der Waals surface area contributed by atoms with Crippen LogP contribution in [0.5, 0.6) is 0 Å². The first-order valence-corrected chi connectivity index (χ1v) is 6.78. The van der Waals surface area contributed by atoms with E-state index >= 15 is 0 Å². The van der Waals surface area contributed by atoms with E-state index in [0.717, 1.165) is 32.7 Å². The van der Waals surface area contributed by atoms with Gasteiger partial charge in [0.05, 0.1) is 12.7 Å². The summed E-state index contributed by atoms with van der Waals surface area (Å²) >= 11 is 0. The minimum atomic E-state index is -0.304. The quantitative estimate of drug-likeness (QED) is 0.888. The highest BCUT2D eigenvalue weighted by Gasteiger charge is 2.21. The molecule has 0 spiro atoms. The Morgan fingerprint density at radius 1 is 1.39 bits per heavy atom. The fourth-order valence-electron chi connectivity index (χ4n) is 2.38. The SMILES string of the molecule is CC(O)C1COCCCN(Cc2ccccc2)C1. The van der Waals surface area contributed by atoms with Gasteiger partial charge in [-0.1, -0.05) is 30.3 Å². The molecular weight excluding hydrogens is 226 g/mol. The maximum absolute atomic E-state index is 9.77. The highest BCUT2D eigenvalue weighted by molar-refractivity contribution is 5.14. The standard InChI is InChI=1S/C15H23NO2/c1-13(17)15-11-16(8-5-9-18-12-15)10-14-6-3-2-4-7-14/h2-4,6-7,13,15,17H,5,8-12H2,1H3. The maximum Gasteiger partial charge on any atom is 0.0574 e. The predicted molar refractivity (Wildman–Crippen MR) is 72.3 cm³/mol. The largest absolute Gasteiger partial charge is 0.393 e. The number of hydrogen-bond donors (Lipinski definition) is 1. The Labute approximate surface area is 109 Å². The van der Waals surface area contributed by atoms with Crippen molar-refractivity contribution < 1.29 is 9.84 Å². The number of hydrogen-bond acceptors (Lipinski definition) is 3. The molecule has 0 amide bonds. The van der Waals surface area contributed by atoms with Crippen LogP contribution in [0.25, 0.3) is 0 Å². The Hall–Kier alpha value is -0.900. The molecule has 2 unspecified atom stereocenters. The number of benzene rings is 1. The van der Waals surface area contributed by atoms with Crippen LogP contribution in [0.1, 0.15) is 18.9 Å². The highest BCUT2D eigenvalue weighted by Crippen LogP contribution is 2.14. The van der Waals surface area contributed by atoms with Gasteiger partial charge in [0, 0.05) is 32.2 Å². The fourth-order valence-corrected chi connectivity index (χ4v) is 2.38. The van der Waals surface area contributed by atoms with Crippen LogP contribution in [0.4, 0.5) is 0 Å². The summed E-state index contributed by atoms with van der Waals surface area (Å²) < 4.78 is 5.56. The molecule has 1 aliphatic heterocycles. The first-order valence-electron chi connectivity index (χ1n) is 6.78. The van der Waals surface area contributed by atoms with Crippen LogP contribution in [-0.4, -0.2) is 42.4 Å². The molecule has 1 aliphatic rings. The Morgan fingerprint density at radius 2 is 2.17 bits per heavy atom. The molecule has 2 rings (SSSR count). The van der Waals surface area contributed by atoms with Gasteiger partial charge >= 0.3 is 0 Å². The Bertz CT molecular complexity index is 340. The first kappa shape index (κ1) is 13.5. The van der Waals surface area contributed by atoms with Gasteiger partial charge in [0.1, 0.15) is 0 Å². The molecule has 1 heterocycles. The zero-order valence-electron chi connectivity index (χ0n) is 11.1. The van der Waals surface area contributed by atoms with Crippen molar-refractivity contribution in [1.82, 2.24) is 4.90 Å². The summed E-state index contributed by atoms with van der Waals surface area (Å²) in [5, 5.41) is 9.77. The maximum atomic E-state index is 9.77. The molecule has 2 atom stereocenters. The van der Waals surface area contributed by atoms with E-state index in [2.05, 4.69) is 29.2 Å². The van der Waals surface area contributed by atoms with Crippen molar-refractivity contribution in [3.8, 4) is 0 Å². The predicted octanol–water partition coefficient (Wildman–Crippen LogP) is 1.91. The highest BCUT2D eigenvalue weighted by atomic mass is 16.5. The van der Waals surface area contributed by atoms with Gasteiger partial charge in [0.2, 0.25) is 0 Å². The molecule has 1 fully saturated rings. The van der Waals surface area contributed by atoms with Gasteiger partial charge in [0.15, 0.2) is 0 Å². The Balaban J connectivity index is 1.96. The van der Waals surface area contributed by atoms with Crippen molar-refractivity contribution in [2.75, 3.05) is 26.3 Å². The minimum Gasteiger partial charge on any atom is -0.393 e. The van der Waals surface area contributed by atoms with Gasteiger partial charge in [-0.2, -0.15) is 0 Å². The van der Waals surface area contributed by atoms with Gasteiger partial charge < -0.3 is 9.84 Å². The second-order valence-corrected chi connectivity index (χ2v) is 5.15. The molecule has 3 heteroatoms. The lowest BCUT2D eigenvalue weighted by molar-refractivity contribution is -0.00246. The second-order valence-electron chi connectivity index (χ2n) is 5.15. The van der Waals surface area contributed by atoms with Crippen LogP contribution in [0.3, 0.4) is 0 Å². The average Bonchev–Trinajstić information content (AvgIpc) is 2.33. The molecule has 0 radical (unpaired) electrons. The van der Waals surface area contributed by atoms with E-state index in [0.29, 0.717) is 6.61 Å². The minimum absolute atomic E-state index is 0.217. The molecule has 1 aromatic rings. The lowest BCUT2D eigenvalue weighted by Gasteiger charge is -2.31. The van der Waals surface area contributed by atoms with Gasteiger partial charge in [-0.25, -0.2) is 0 Å². The molecule has 3 nitrogen and oxygen atoms in total. The normalized spacial score (nSPS) is 24.2. The van der Waals surface area contributed by atoms with Crippen LogP contribution in [-0.2, 0) is 11.3 Å². The van der Waals surface area contributed by atoms with Gasteiger partial charge in [-0.05, 0) is 18.9 Å². The first-order chi connectivity index (χ1) is 8.75. The van der Waals surface area contributed by atoms with E-state index in [4.69, 9.17) is 4.74 Å². The molecular formula is C15H23NO2. The van der Waals surface area contributed by atoms with E-state index in [9.17, 15) is 5.11 Å². The lowest BCUT2D eigenvalue weighted by Crippen LogP contribution is -2.39. The summed E-state index contributed by atoms with van der Waals surface area (Å²) in [6.45, 7) is 6.24. The summed E-state index contributed by atoms with van der Waals surface area (Å²) in [7, 11) is 0. The van der Waals surface area contributed by atoms with Gasteiger partial charge in [-0.15, -0.1) is 0 Å². The summed E-state index contributed by atoms with van der Waals surface area (Å²) in [4.78, 5) is 2.43. The number of aliphatic hydroxyl groups excluding tert-OH is 1. The molecule has 1 N–H and O–H groups in total. The number of rotatable bonds is 3. The van der Waals surface area contributed by atoms with Crippen molar-refractivity contribution in [2.24, 2.45) is 5.92 Å². The average molecular weight is 249 g/mol. The van der Waals surface area contributed by atoms with E-state index in [1.807, 2.05) is 13.0 Å². The zero-order chi connectivity index (χ0) is 12.8. The fraction of sp³-hybridized carbons (Fsp3) is 0.600. The Morgan fingerprint density at radius 3 is 2.89 bits per heavy atom. The molecule has 0 aromatic heterocycles. The van der Waals surface area contributed by atoms with Gasteiger partial charge in [0.25, 0.3) is 0 Å². The summed E-state index contributed by atoms with van der Waals surface area (Å²) in [5.74, 6) is 0.217. The number of aliphatic hydroxyl groups is 1. The molecule has 0 saturated carbocycles. The third-order valence-corrected chi connectivity index (χ3v) is 3.52. The summed E-state index contributed by atoms with van der Waals surface area (Å²) in [6.07, 6.45) is 0.765. The molecule has 0 aliphatic carbocycles. The molecule has 1 aromatic carbocycles. The van der Waals surface area contributed by atoms with E-state index in [-0.39, 0.29) is 12.0 Å². The molecule has 1 saturated heterocycles. The van der Waals surface area contributed by atoms with Crippen LogP contribution in [0.2, 0.25) is 0 Å². The van der Waals surface area contributed by atoms with Gasteiger partial charge in [-0.3, -0.25) is 4.90 Å². The smallest absolute Gasteiger partial charge is 0.0574 e. The van der Waals surface area contributed by atoms with Crippen LogP contribution in [0, 0.1) is 5.92 Å². The summed E-state index contributed by atoms with van der Waals surface area (Å²) in [5.41, 5.74) is 1.34. The van der Waals surface area contributed by atoms with E-state index in [1.165, 1.54) is 5.56 Å². The van der Waals surface area contributed by atoms with E-state index in [1.54, 1.807) is 0 Å². The van der Waals surface area contributed by atoms with Crippen molar-refractivity contribution in [3.05, 3.63) is 35.9 Å². The lowest BCUT2D eigenvalue weighted by atomic mass is 10.0. The Kier molecular flexibility index (Phi) is 5.17. The van der Waals surface area contributed by atoms with Crippen LogP contribution >= 0.6 is 0 Å². The van der Waals surface area contributed by atoms with Crippen molar-refractivity contribution in [1.29, 1.82) is 0 Å². The monoisotopic (exact) mass is 249 g/mol. The molecule has 100 valence electrons. The third-order valence-electron chi connectivity index (χ3n) is 3.52. The molecule has 18 heavy (non-hydrogen) atoms. The van der Waals surface area contributed by atoms with Crippen molar-refractivity contribution >= 4 is 0 Å².